The molecule has 0 aromatic carbocycles. The van der Waals surface area contributed by atoms with Gasteiger partial charge >= 0.3 is 6.09 Å². The van der Waals surface area contributed by atoms with E-state index in [0.29, 0.717) is 24.7 Å². The Morgan fingerprint density at radius 2 is 2.10 bits per heavy atom. The molecule has 1 aliphatic rings. The summed E-state index contributed by atoms with van der Waals surface area (Å²) in [4.78, 5) is 17.7. The zero-order valence-corrected chi connectivity index (χ0v) is 13.0. The fourth-order valence-electron chi connectivity index (χ4n) is 1.96. The summed E-state index contributed by atoms with van der Waals surface area (Å²) in [5, 5.41) is 0. The van der Waals surface area contributed by atoms with Crippen LogP contribution >= 0.6 is 0 Å². The largest absolute Gasteiger partial charge is 0.495 e. The van der Waals surface area contributed by atoms with Crippen LogP contribution in [0.3, 0.4) is 0 Å². The van der Waals surface area contributed by atoms with E-state index in [1.54, 1.807) is 30.5 Å². The number of hydrogen-bond acceptors (Lipinski definition) is 5. The van der Waals surface area contributed by atoms with Crippen molar-refractivity contribution in [3.8, 4) is 11.5 Å². The number of methoxy groups -OCH3 is 1. The first kappa shape index (κ1) is 15.4. The lowest BCUT2D eigenvalue weighted by molar-refractivity contribution is -0.0141. The Morgan fingerprint density at radius 3 is 2.67 bits per heavy atom. The Balaban J connectivity index is 1.85. The summed E-state index contributed by atoms with van der Waals surface area (Å²) >= 11 is 0. The van der Waals surface area contributed by atoms with E-state index in [-0.39, 0.29) is 12.1 Å². The molecule has 1 fully saturated rings. The minimum Gasteiger partial charge on any atom is -0.495 e. The molecule has 1 aliphatic heterocycles. The number of hydrogen-bond donors (Lipinski definition) is 0. The van der Waals surface area contributed by atoms with Gasteiger partial charge in [0.15, 0.2) is 0 Å². The van der Waals surface area contributed by atoms with Crippen LogP contribution < -0.4 is 9.47 Å². The molecule has 0 N–H and O–H groups in total. The number of carbonyl (C=O) groups excluding carboxylic acids is 1. The number of amides is 1. The molecule has 0 radical (unpaired) electrons. The highest BCUT2D eigenvalue weighted by molar-refractivity contribution is 5.69. The third-order valence-electron chi connectivity index (χ3n) is 3.14. The predicted octanol–water partition coefficient (Wildman–Crippen LogP) is 2.48. The van der Waals surface area contributed by atoms with Gasteiger partial charge in [-0.2, -0.15) is 0 Å². The van der Waals surface area contributed by atoms with E-state index in [1.807, 2.05) is 20.8 Å². The Morgan fingerprint density at radius 1 is 1.38 bits per heavy atom. The fourth-order valence-corrected chi connectivity index (χ4v) is 1.96. The van der Waals surface area contributed by atoms with Gasteiger partial charge in [-0.1, -0.05) is 0 Å². The number of ether oxygens (including phenoxy) is 3. The molecule has 0 bridgehead atoms. The molecule has 1 atom stereocenters. The van der Waals surface area contributed by atoms with Crippen LogP contribution in [0, 0.1) is 0 Å². The van der Waals surface area contributed by atoms with Crippen molar-refractivity contribution in [3.05, 3.63) is 18.5 Å². The minimum absolute atomic E-state index is 0.0473. The molecule has 2 heterocycles. The van der Waals surface area contributed by atoms with Crippen LogP contribution in [0.4, 0.5) is 4.79 Å². The molecule has 1 aromatic rings. The number of nitrogens with zero attached hydrogens (tertiary/aromatic N) is 2. The predicted molar refractivity (Wildman–Crippen MR) is 77.6 cm³/mol. The van der Waals surface area contributed by atoms with Gasteiger partial charge in [0.05, 0.1) is 25.5 Å². The average Bonchev–Trinajstić information content (AvgIpc) is 2.35. The van der Waals surface area contributed by atoms with E-state index in [9.17, 15) is 4.79 Å². The van der Waals surface area contributed by atoms with Gasteiger partial charge in [0.2, 0.25) is 0 Å². The Kier molecular flexibility index (Phi) is 4.55. The molecule has 0 spiro atoms. The van der Waals surface area contributed by atoms with Gasteiger partial charge in [0, 0.05) is 12.6 Å². The lowest BCUT2D eigenvalue weighted by Gasteiger charge is -2.40. The van der Waals surface area contributed by atoms with Crippen LogP contribution in [-0.4, -0.2) is 47.9 Å². The summed E-state index contributed by atoms with van der Waals surface area (Å²) in [6.07, 6.45) is 3.87. The molecule has 21 heavy (non-hydrogen) atoms. The van der Waals surface area contributed by atoms with Crippen LogP contribution in [0.1, 0.15) is 27.2 Å². The Labute approximate surface area is 125 Å². The summed E-state index contributed by atoms with van der Waals surface area (Å²) in [7, 11) is 1.58. The molecule has 2 rings (SSSR count). The fraction of sp³-hybridized carbons (Fsp3) is 0.600. The lowest BCUT2D eigenvalue weighted by Crippen LogP contribution is -2.55. The molecule has 0 unspecified atom stereocenters. The van der Waals surface area contributed by atoms with Crippen molar-refractivity contribution < 1.29 is 19.0 Å². The van der Waals surface area contributed by atoms with Crippen molar-refractivity contribution in [2.75, 3.05) is 20.3 Å². The minimum atomic E-state index is -0.477. The maximum Gasteiger partial charge on any atom is 0.410 e. The first-order chi connectivity index (χ1) is 9.89. The third-order valence-corrected chi connectivity index (χ3v) is 3.14. The summed E-state index contributed by atoms with van der Waals surface area (Å²) in [5.41, 5.74) is -0.477. The molecule has 6 nitrogen and oxygen atoms in total. The maximum atomic E-state index is 12.0. The first-order valence-corrected chi connectivity index (χ1v) is 7.00. The zero-order valence-electron chi connectivity index (χ0n) is 13.0. The van der Waals surface area contributed by atoms with Gasteiger partial charge in [-0.15, -0.1) is 0 Å². The van der Waals surface area contributed by atoms with Crippen molar-refractivity contribution >= 4 is 6.09 Å². The van der Waals surface area contributed by atoms with Crippen LogP contribution in [0.25, 0.3) is 0 Å². The summed E-state index contributed by atoms with van der Waals surface area (Å²) in [6.45, 7) is 6.71. The second-order valence-electron chi connectivity index (χ2n) is 5.99. The smallest absolute Gasteiger partial charge is 0.410 e. The van der Waals surface area contributed by atoms with Crippen molar-refractivity contribution in [3.63, 3.8) is 0 Å². The molecule has 1 amide bonds. The lowest BCUT2D eigenvalue weighted by atomic mass is 10.1. The van der Waals surface area contributed by atoms with Gasteiger partial charge < -0.3 is 19.1 Å². The Bertz CT molecular complexity index is 499. The van der Waals surface area contributed by atoms with Crippen LogP contribution in [-0.2, 0) is 4.74 Å². The number of carbonyl (C=O) groups is 1. The van der Waals surface area contributed by atoms with Crippen molar-refractivity contribution in [1.82, 2.24) is 9.88 Å². The second-order valence-corrected chi connectivity index (χ2v) is 5.99. The van der Waals surface area contributed by atoms with Crippen LogP contribution in [0.5, 0.6) is 11.5 Å². The number of aromatic nitrogens is 1. The standard InChI is InChI=1S/C15H22N2O4/c1-15(2,3)21-14(18)17-6-5-11(17)10-20-13-7-12(19-4)8-16-9-13/h7-9,11H,5-6,10H2,1-4H3/t11-/m0/s1. The summed E-state index contributed by atoms with van der Waals surface area (Å²) in [6, 6.07) is 1.81. The molecule has 0 aliphatic carbocycles. The monoisotopic (exact) mass is 294 g/mol. The SMILES string of the molecule is COc1cncc(OC[C@@H]2CCN2C(=O)OC(C)(C)C)c1. The molecular weight excluding hydrogens is 272 g/mol. The highest BCUT2D eigenvalue weighted by Crippen LogP contribution is 2.23. The molecule has 6 heteroatoms. The molecular formula is C15H22N2O4. The third kappa shape index (κ3) is 4.24. The van der Waals surface area contributed by atoms with Gasteiger partial charge in [0.1, 0.15) is 23.7 Å². The van der Waals surface area contributed by atoms with E-state index in [1.165, 1.54) is 0 Å². The molecule has 1 saturated heterocycles. The average molecular weight is 294 g/mol. The van der Waals surface area contributed by atoms with E-state index < -0.39 is 5.60 Å². The number of likely N-dealkylation sites (tertiary alicyclic amines) is 1. The quantitative estimate of drug-likeness (QED) is 0.853. The molecule has 1 aromatic heterocycles. The highest BCUT2D eigenvalue weighted by Gasteiger charge is 2.35. The molecule has 116 valence electrons. The highest BCUT2D eigenvalue weighted by atomic mass is 16.6. The van der Waals surface area contributed by atoms with E-state index in [2.05, 4.69) is 4.98 Å². The summed E-state index contributed by atoms with van der Waals surface area (Å²) < 4.78 is 16.1. The van der Waals surface area contributed by atoms with Crippen LogP contribution in [0.15, 0.2) is 18.5 Å². The Hall–Kier alpha value is -1.98. The van der Waals surface area contributed by atoms with Crippen molar-refractivity contribution in [2.24, 2.45) is 0 Å². The molecule has 0 saturated carbocycles. The summed E-state index contributed by atoms with van der Waals surface area (Å²) in [5.74, 6) is 1.27. The van der Waals surface area contributed by atoms with Crippen LogP contribution in [0.2, 0.25) is 0 Å². The van der Waals surface area contributed by atoms with Gasteiger partial charge in [-0.05, 0) is 27.2 Å². The van der Waals surface area contributed by atoms with Crippen molar-refractivity contribution in [2.45, 2.75) is 38.8 Å². The van der Waals surface area contributed by atoms with E-state index in [0.717, 1.165) is 6.42 Å². The van der Waals surface area contributed by atoms with Gasteiger partial charge in [0.25, 0.3) is 0 Å². The topological polar surface area (TPSA) is 60.9 Å². The van der Waals surface area contributed by atoms with Crippen molar-refractivity contribution in [1.29, 1.82) is 0 Å². The second kappa shape index (κ2) is 6.20. The maximum absolute atomic E-state index is 12.0. The normalized spacial score (nSPS) is 17.9. The zero-order chi connectivity index (χ0) is 15.5. The van der Waals surface area contributed by atoms with E-state index >= 15 is 0 Å². The van der Waals surface area contributed by atoms with Gasteiger partial charge in [-0.3, -0.25) is 4.98 Å². The first-order valence-electron chi connectivity index (χ1n) is 7.00. The number of rotatable bonds is 4. The number of pyridine rings is 1. The van der Waals surface area contributed by atoms with Gasteiger partial charge in [-0.25, -0.2) is 4.79 Å². The van der Waals surface area contributed by atoms with E-state index in [4.69, 9.17) is 14.2 Å².